The number of carboxylic acid groups (broad SMARTS) is 1. The summed E-state index contributed by atoms with van der Waals surface area (Å²) >= 11 is 6.07. The van der Waals surface area contributed by atoms with Crippen molar-refractivity contribution in [1.82, 2.24) is 0 Å². The molecule has 0 aromatic heterocycles. The van der Waals surface area contributed by atoms with Crippen molar-refractivity contribution in [3.8, 4) is 17.2 Å². The number of carbonyl (C=O) groups excluding carboxylic acids is 4. The maximum atomic E-state index is 14.6. The highest BCUT2D eigenvalue weighted by molar-refractivity contribution is 6.32. The average Bonchev–Trinajstić information content (AvgIpc) is 3.45. The fourth-order valence-electron chi connectivity index (χ4n) is 8.38. The number of carbonyl (C=O) groups is 5. The molecule has 2 heterocycles. The second-order valence-corrected chi connectivity index (χ2v) is 13.3. The molecule has 2 aliphatic heterocycles. The van der Waals surface area contributed by atoms with Crippen LogP contribution in [0.1, 0.15) is 41.6 Å². The predicted molar refractivity (Wildman–Crippen MR) is 173 cm³/mol. The lowest BCUT2D eigenvalue weighted by Crippen LogP contribution is -2.48. The molecular formula is C36H30ClFN2O9. The van der Waals surface area contributed by atoms with E-state index in [1.54, 1.807) is 19.1 Å². The highest BCUT2D eigenvalue weighted by atomic mass is 35.5. The quantitative estimate of drug-likeness (QED) is 0.259. The molecule has 2 saturated heterocycles. The molecule has 0 unspecified atom stereocenters. The Balaban J connectivity index is 1.39. The van der Waals surface area contributed by atoms with Crippen LogP contribution in [0.5, 0.6) is 17.2 Å². The molecule has 0 spiro atoms. The molecule has 1 saturated carbocycles. The van der Waals surface area contributed by atoms with Gasteiger partial charge in [0.25, 0.3) is 0 Å². The molecule has 4 aliphatic rings. The van der Waals surface area contributed by atoms with Crippen molar-refractivity contribution in [3.63, 3.8) is 0 Å². The van der Waals surface area contributed by atoms with Crippen LogP contribution in [-0.2, 0) is 19.2 Å². The van der Waals surface area contributed by atoms with Gasteiger partial charge in [0.05, 0.1) is 59.3 Å². The van der Waals surface area contributed by atoms with Gasteiger partial charge in [0, 0.05) is 5.92 Å². The van der Waals surface area contributed by atoms with Crippen molar-refractivity contribution in [3.05, 3.63) is 88.2 Å². The summed E-state index contributed by atoms with van der Waals surface area (Å²) < 4.78 is 25.0. The van der Waals surface area contributed by atoms with Crippen LogP contribution in [0.2, 0.25) is 5.02 Å². The first-order valence-electron chi connectivity index (χ1n) is 15.5. The van der Waals surface area contributed by atoms with E-state index in [4.69, 9.17) is 21.1 Å². The summed E-state index contributed by atoms with van der Waals surface area (Å²) in [6, 6.07) is 12.3. The number of hydrogen-bond acceptors (Lipinski definition) is 8. The Morgan fingerprint density at radius 1 is 0.918 bits per heavy atom. The molecule has 0 bridgehead atoms. The number of anilines is 2. The number of aromatic hydroxyl groups is 1. The summed E-state index contributed by atoms with van der Waals surface area (Å²) in [5.74, 6) is -8.47. The van der Waals surface area contributed by atoms with E-state index in [1.165, 1.54) is 50.6 Å². The third kappa shape index (κ3) is 4.57. The second-order valence-electron chi connectivity index (χ2n) is 12.9. The Hall–Kier alpha value is -5.23. The van der Waals surface area contributed by atoms with Crippen LogP contribution in [0.15, 0.2) is 66.2 Å². The normalized spacial score (nSPS) is 27.4. The van der Waals surface area contributed by atoms with Gasteiger partial charge >= 0.3 is 5.97 Å². The molecule has 13 heteroatoms. The maximum Gasteiger partial charge on any atom is 0.335 e. The fourth-order valence-corrected chi connectivity index (χ4v) is 8.55. The van der Waals surface area contributed by atoms with Gasteiger partial charge in [-0.2, -0.15) is 0 Å². The number of phenols is 1. The van der Waals surface area contributed by atoms with E-state index in [0.717, 1.165) is 15.9 Å². The number of amides is 4. The van der Waals surface area contributed by atoms with Crippen LogP contribution in [0.25, 0.3) is 0 Å². The largest absolute Gasteiger partial charge is 0.502 e. The number of nitrogens with zero attached hydrogens (tertiary/aromatic N) is 2. The number of phenolic OH excluding ortho intramolecular Hbond substituents is 1. The van der Waals surface area contributed by atoms with E-state index in [2.05, 4.69) is 0 Å². The molecule has 6 atom stereocenters. The van der Waals surface area contributed by atoms with Gasteiger partial charge in [0.1, 0.15) is 5.82 Å². The van der Waals surface area contributed by atoms with Crippen LogP contribution in [0, 0.1) is 34.9 Å². The van der Waals surface area contributed by atoms with Gasteiger partial charge < -0.3 is 19.7 Å². The molecule has 11 nitrogen and oxygen atoms in total. The summed E-state index contributed by atoms with van der Waals surface area (Å²) in [5.41, 5.74) is -0.188. The average molecular weight is 689 g/mol. The van der Waals surface area contributed by atoms with E-state index in [1.807, 2.05) is 6.08 Å². The molecule has 2 N–H and O–H groups in total. The number of ether oxygens (including phenoxy) is 2. The molecule has 252 valence electrons. The summed E-state index contributed by atoms with van der Waals surface area (Å²) in [6.07, 6.45) is 2.05. The smallest absolute Gasteiger partial charge is 0.335 e. The molecule has 7 rings (SSSR count). The first kappa shape index (κ1) is 32.3. The van der Waals surface area contributed by atoms with Crippen molar-refractivity contribution < 1.29 is 48.0 Å². The fraction of sp³-hybridized carbons (Fsp3) is 0.306. The van der Waals surface area contributed by atoms with Gasteiger partial charge in [-0.15, -0.1) is 0 Å². The maximum absolute atomic E-state index is 14.6. The number of fused-ring (bicyclic) bond motifs is 4. The third-order valence-electron chi connectivity index (χ3n) is 10.6. The van der Waals surface area contributed by atoms with Gasteiger partial charge in [-0.05, 0) is 79.8 Å². The Labute approximate surface area is 284 Å². The summed E-state index contributed by atoms with van der Waals surface area (Å²) in [7, 11) is 2.72. The van der Waals surface area contributed by atoms with E-state index in [-0.39, 0.29) is 52.1 Å². The van der Waals surface area contributed by atoms with Crippen LogP contribution in [-0.4, -0.2) is 54.0 Å². The zero-order chi connectivity index (χ0) is 35.1. The minimum atomic E-state index is -1.44. The van der Waals surface area contributed by atoms with E-state index < -0.39 is 70.4 Å². The minimum absolute atomic E-state index is 0.0460. The van der Waals surface area contributed by atoms with Crippen LogP contribution >= 0.6 is 11.6 Å². The van der Waals surface area contributed by atoms with Crippen molar-refractivity contribution in [2.24, 2.45) is 29.1 Å². The lowest BCUT2D eigenvalue weighted by molar-refractivity contribution is -0.131. The number of methoxy groups -OCH3 is 2. The van der Waals surface area contributed by atoms with Gasteiger partial charge in [-0.3, -0.25) is 24.1 Å². The number of halogens is 2. The number of hydrogen-bond donors (Lipinski definition) is 2. The second kappa shape index (κ2) is 11.4. The molecule has 4 amide bonds. The molecule has 3 aromatic rings. The monoisotopic (exact) mass is 688 g/mol. The Kier molecular flexibility index (Phi) is 7.55. The zero-order valence-electron chi connectivity index (χ0n) is 26.5. The van der Waals surface area contributed by atoms with E-state index in [9.17, 15) is 38.6 Å². The first-order chi connectivity index (χ1) is 23.3. The molecular weight excluding hydrogens is 659 g/mol. The van der Waals surface area contributed by atoms with Crippen LogP contribution in [0.3, 0.4) is 0 Å². The predicted octanol–water partition coefficient (Wildman–Crippen LogP) is 5.34. The Morgan fingerprint density at radius 3 is 2.22 bits per heavy atom. The number of allylic oxidation sites excluding steroid dienone is 2. The zero-order valence-corrected chi connectivity index (χ0v) is 27.2. The highest BCUT2D eigenvalue weighted by Gasteiger charge is 2.67. The van der Waals surface area contributed by atoms with E-state index >= 15 is 0 Å². The molecule has 3 fully saturated rings. The summed E-state index contributed by atoms with van der Waals surface area (Å²) in [4.78, 5) is 70.9. The Bertz CT molecular complexity index is 2010. The standard InChI is InChI=1S/C36H30ClFN2O9/c1-36-23(32(43)40(35(36)47)19-7-10-25(38)24(37)14-19)15-22-20(29(36)17-12-26(48-2)30(41)27(13-17)49-3)8-9-21-28(22)33(44)39(31(21)42)18-6-4-5-16(11-18)34(45)46/h4-8,10-14,21-23,28-29,41H,9,15H2,1-3H3,(H,45,46)/t21-,22+,23-,28-,29-,36+/m0/s1. The number of rotatable bonds is 6. The number of benzene rings is 3. The first-order valence-corrected chi connectivity index (χ1v) is 15.9. The SMILES string of the molecule is COc1cc([C@H]2C3=CC[C@@H]4C(=O)N(c5cccc(C(=O)O)c5)C(=O)[C@@H]4[C@@H]3C[C@H]3C(=O)N(c4ccc(F)c(Cl)c4)C(=O)[C@@]23C)cc(OC)c1O. The summed E-state index contributed by atoms with van der Waals surface area (Å²) in [6.45, 7) is 1.67. The number of carboxylic acids is 1. The van der Waals surface area contributed by atoms with E-state index in [0.29, 0.717) is 11.1 Å². The van der Waals surface area contributed by atoms with Crippen LogP contribution < -0.4 is 19.3 Å². The number of aromatic carboxylic acids is 1. The molecule has 2 aliphatic carbocycles. The minimum Gasteiger partial charge on any atom is -0.502 e. The lowest BCUT2D eigenvalue weighted by Gasteiger charge is -2.49. The lowest BCUT2D eigenvalue weighted by atomic mass is 9.51. The van der Waals surface area contributed by atoms with Crippen molar-refractivity contribution in [2.75, 3.05) is 24.0 Å². The molecule has 0 radical (unpaired) electrons. The van der Waals surface area contributed by atoms with Crippen LogP contribution in [0.4, 0.5) is 15.8 Å². The van der Waals surface area contributed by atoms with Gasteiger partial charge in [-0.1, -0.05) is 29.3 Å². The number of imide groups is 2. The van der Waals surface area contributed by atoms with Gasteiger partial charge in [0.15, 0.2) is 11.5 Å². The van der Waals surface area contributed by atoms with Gasteiger partial charge in [-0.25, -0.2) is 14.1 Å². The van der Waals surface area contributed by atoms with Crippen molar-refractivity contribution in [1.29, 1.82) is 0 Å². The molecule has 3 aromatic carbocycles. The van der Waals surface area contributed by atoms with Gasteiger partial charge in [0.2, 0.25) is 29.4 Å². The summed E-state index contributed by atoms with van der Waals surface area (Å²) in [5, 5.41) is 20.0. The highest BCUT2D eigenvalue weighted by Crippen LogP contribution is 2.64. The molecule has 49 heavy (non-hydrogen) atoms. The third-order valence-corrected chi connectivity index (χ3v) is 10.9. The van der Waals surface area contributed by atoms with Crippen molar-refractivity contribution >= 4 is 52.6 Å². The topological polar surface area (TPSA) is 151 Å². The van der Waals surface area contributed by atoms with Crippen molar-refractivity contribution in [2.45, 2.75) is 25.7 Å². The Morgan fingerprint density at radius 2 is 1.59 bits per heavy atom.